The molecule has 1 amide bonds. The molecule has 0 saturated heterocycles. The number of halogens is 1. The summed E-state index contributed by atoms with van der Waals surface area (Å²) in [5, 5.41) is 19.1. The van der Waals surface area contributed by atoms with Crippen LogP contribution in [0.2, 0.25) is 0 Å². The second-order valence-electron chi connectivity index (χ2n) is 12.1. The molecule has 0 aliphatic carbocycles. The number of aromatic nitrogens is 4. The van der Waals surface area contributed by atoms with Gasteiger partial charge in [-0.15, -0.1) is 10.2 Å². The van der Waals surface area contributed by atoms with E-state index in [4.69, 9.17) is 14.2 Å². The highest BCUT2D eigenvalue weighted by Crippen LogP contribution is 2.44. The number of pyridine rings is 2. The Bertz CT molecular complexity index is 1660. The fourth-order valence-corrected chi connectivity index (χ4v) is 5.40. The first kappa shape index (κ1) is 26.9. The van der Waals surface area contributed by atoms with Crippen molar-refractivity contribution in [3.05, 3.63) is 65.5 Å². The number of aliphatic hydroxyl groups is 1. The monoisotopic (exact) mass is 561 g/mol. The molecule has 0 saturated carbocycles. The molecule has 0 bridgehead atoms. The first-order valence-corrected chi connectivity index (χ1v) is 13.5. The average molecular weight is 562 g/mol. The van der Waals surface area contributed by atoms with E-state index in [0.29, 0.717) is 58.4 Å². The van der Waals surface area contributed by atoms with Crippen LogP contribution in [0.1, 0.15) is 57.4 Å². The molecule has 10 nitrogen and oxygen atoms in total. The Hall–Kier alpha value is -4.25. The van der Waals surface area contributed by atoms with E-state index in [-0.39, 0.29) is 19.1 Å². The van der Waals surface area contributed by atoms with Gasteiger partial charge in [0.1, 0.15) is 23.5 Å². The van der Waals surface area contributed by atoms with Crippen molar-refractivity contribution in [1.29, 1.82) is 0 Å². The summed E-state index contributed by atoms with van der Waals surface area (Å²) in [5.74, 6) is 0.560. The van der Waals surface area contributed by atoms with E-state index in [1.54, 1.807) is 57.3 Å². The number of carbonyl (C=O) groups excluding carboxylic acids is 1. The fraction of sp³-hybridized carbons (Fsp3) is 0.400. The van der Waals surface area contributed by atoms with E-state index >= 15 is 4.39 Å². The molecule has 11 heteroatoms. The maximum Gasteiger partial charge on any atom is 0.416 e. The van der Waals surface area contributed by atoms with Gasteiger partial charge in [0.2, 0.25) is 0 Å². The predicted octanol–water partition coefficient (Wildman–Crippen LogP) is 5.05. The van der Waals surface area contributed by atoms with Crippen LogP contribution in [-0.2, 0) is 17.7 Å². The molecule has 0 spiro atoms. The molecule has 0 fully saturated rings. The van der Waals surface area contributed by atoms with Crippen molar-refractivity contribution in [3.63, 3.8) is 0 Å². The summed E-state index contributed by atoms with van der Waals surface area (Å²) in [6.07, 6.45) is 2.78. The van der Waals surface area contributed by atoms with Crippen LogP contribution in [-0.4, -0.2) is 55.2 Å². The summed E-state index contributed by atoms with van der Waals surface area (Å²) in [4.78, 5) is 19.7. The van der Waals surface area contributed by atoms with Gasteiger partial charge < -0.3 is 19.3 Å². The Kier molecular flexibility index (Phi) is 6.37. The normalized spacial score (nSPS) is 16.7. The smallest absolute Gasteiger partial charge is 0.416 e. The first-order valence-electron chi connectivity index (χ1n) is 13.5. The van der Waals surface area contributed by atoms with E-state index in [1.807, 2.05) is 12.1 Å². The number of hydrogen-bond donors (Lipinski definition) is 1. The molecule has 41 heavy (non-hydrogen) atoms. The topological polar surface area (TPSA) is 111 Å². The number of amides is 1. The standard InChI is InChI=1S/C30H32FN5O5/c1-29(2,3)41-28(37)35-13-20-21(31)8-9-23-25(20)17(14-39-23)15-40-24-11-19(26-34-33-16-36(26)27(24)35)18-7-6-10-32-22(18)12-30(4,5)38/h6-11,16-17,38H,12-15H2,1-5H3/t17-/m1/s1. The lowest BCUT2D eigenvalue weighted by atomic mass is 9.95. The highest BCUT2D eigenvalue weighted by molar-refractivity contribution is 5.92. The Morgan fingerprint density at radius 2 is 1.88 bits per heavy atom. The summed E-state index contributed by atoms with van der Waals surface area (Å²) >= 11 is 0. The van der Waals surface area contributed by atoms with E-state index in [0.717, 1.165) is 5.56 Å². The maximum atomic E-state index is 15.4. The van der Waals surface area contributed by atoms with Crippen LogP contribution in [0.15, 0.2) is 42.9 Å². The third-order valence-corrected chi connectivity index (χ3v) is 7.03. The van der Waals surface area contributed by atoms with Crippen molar-refractivity contribution in [2.45, 2.75) is 64.7 Å². The van der Waals surface area contributed by atoms with Crippen LogP contribution in [0, 0.1) is 5.82 Å². The van der Waals surface area contributed by atoms with Crippen molar-refractivity contribution >= 4 is 17.6 Å². The van der Waals surface area contributed by atoms with Crippen molar-refractivity contribution in [2.75, 3.05) is 18.1 Å². The van der Waals surface area contributed by atoms with Gasteiger partial charge >= 0.3 is 6.09 Å². The highest BCUT2D eigenvalue weighted by Gasteiger charge is 2.37. The van der Waals surface area contributed by atoms with Crippen molar-refractivity contribution in [2.24, 2.45) is 0 Å². The lowest BCUT2D eigenvalue weighted by molar-refractivity contribution is 0.0574. The molecule has 0 radical (unpaired) electrons. The van der Waals surface area contributed by atoms with Crippen LogP contribution < -0.4 is 14.4 Å². The minimum Gasteiger partial charge on any atom is -0.493 e. The fourth-order valence-electron chi connectivity index (χ4n) is 5.40. The zero-order valence-electron chi connectivity index (χ0n) is 23.6. The van der Waals surface area contributed by atoms with Gasteiger partial charge in [0, 0.05) is 34.9 Å². The molecule has 214 valence electrons. The lowest BCUT2D eigenvalue weighted by Crippen LogP contribution is -2.38. The third-order valence-electron chi connectivity index (χ3n) is 7.03. The van der Waals surface area contributed by atoms with Gasteiger partial charge in [-0.25, -0.2) is 9.18 Å². The second-order valence-corrected chi connectivity index (χ2v) is 12.1. The zero-order valence-corrected chi connectivity index (χ0v) is 23.6. The molecule has 1 N–H and O–H groups in total. The summed E-state index contributed by atoms with van der Waals surface area (Å²) in [5.41, 5.74) is 1.71. The second kappa shape index (κ2) is 9.69. The lowest BCUT2D eigenvalue weighted by Gasteiger charge is -2.29. The van der Waals surface area contributed by atoms with E-state index in [2.05, 4.69) is 15.2 Å². The molecule has 5 heterocycles. The summed E-state index contributed by atoms with van der Waals surface area (Å²) < 4.78 is 35.2. The van der Waals surface area contributed by atoms with E-state index in [9.17, 15) is 9.90 Å². The Balaban J connectivity index is 1.59. The Morgan fingerprint density at radius 3 is 2.61 bits per heavy atom. The van der Waals surface area contributed by atoms with E-state index in [1.165, 1.54) is 17.3 Å². The van der Waals surface area contributed by atoms with Gasteiger partial charge in [0.25, 0.3) is 0 Å². The van der Waals surface area contributed by atoms with Gasteiger partial charge in [0.15, 0.2) is 17.2 Å². The van der Waals surface area contributed by atoms with Gasteiger partial charge in [-0.1, -0.05) is 6.07 Å². The minimum atomic E-state index is -1.01. The largest absolute Gasteiger partial charge is 0.493 e. The SMILES string of the molecule is CC(C)(O)Cc1ncccc1-c1cc2c(n3cnnc13)N(C(=O)OC(C)(C)C)Cc1c(F)ccc3c1[C@H](CO3)CO2. The molecule has 0 unspecified atom stereocenters. The van der Waals surface area contributed by atoms with Crippen molar-refractivity contribution in [3.8, 4) is 22.6 Å². The number of carbonyl (C=O) groups is 1. The molecule has 1 aromatic carbocycles. The number of benzene rings is 1. The average Bonchev–Trinajstić information content (AvgIpc) is 3.53. The van der Waals surface area contributed by atoms with Gasteiger partial charge in [-0.05, 0) is 58.9 Å². The molecule has 2 aliphatic rings. The number of fused-ring (bicyclic) bond motifs is 3. The van der Waals surface area contributed by atoms with Crippen molar-refractivity contribution < 1.29 is 28.5 Å². The Morgan fingerprint density at radius 1 is 1.12 bits per heavy atom. The van der Waals surface area contributed by atoms with Gasteiger partial charge in [0.05, 0.1) is 37.0 Å². The highest BCUT2D eigenvalue weighted by atomic mass is 19.1. The molecule has 2 aliphatic heterocycles. The summed E-state index contributed by atoms with van der Waals surface area (Å²) in [7, 11) is 0. The van der Waals surface area contributed by atoms with Gasteiger partial charge in [-0.2, -0.15) is 0 Å². The van der Waals surface area contributed by atoms with Crippen LogP contribution in [0.25, 0.3) is 16.8 Å². The van der Waals surface area contributed by atoms with Crippen LogP contribution in [0.3, 0.4) is 0 Å². The molecular formula is C30H32FN5O5. The number of anilines is 1. The number of hydrogen-bond acceptors (Lipinski definition) is 8. The molecule has 1 atom stereocenters. The zero-order chi connectivity index (χ0) is 29.1. The summed E-state index contributed by atoms with van der Waals surface area (Å²) in [6.45, 7) is 9.15. The molecule has 6 rings (SSSR count). The quantitative estimate of drug-likeness (QED) is 0.370. The summed E-state index contributed by atoms with van der Waals surface area (Å²) in [6, 6.07) is 8.47. The van der Waals surface area contributed by atoms with Gasteiger partial charge in [-0.3, -0.25) is 14.3 Å². The number of nitrogens with zero attached hydrogens (tertiary/aromatic N) is 5. The Labute approximate surface area is 236 Å². The number of ether oxygens (including phenoxy) is 3. The third kappa shape index (κ3) is 5.06. The molecular weight excluding hydrogens is 529 g/mol. The maximum absolute atomic E-state index is 15.4. The van der Waals surface area contributed by atoms with Crippen molar-refractivity contribution in [1.82, 2.24) is 19.6 Å². The van der Waals surface area contributed by atoms with Crippen LogP contribution in [0.5, 0.6) is 11.5 Å². The van der Waals surface area contributed by atoms with E-state index < -0.39 is 23.1 Å². The minimum absolute atomic E-state index is 0.121. The van der Waals surface area contributed by atoms with Crippen LogP contribution in [0.4, 0.5) is 15.0 Å². The first-order chi connectivity index (χ1) is 19.4. The van der Waals surface area contributed by atoms with Crippen LogP contribution >= 0.6 is 0 Å². The number of rotatable bonds is 3. The predicted molar refractivity (Wildman–Crippen MR) is 149 cm³/mol. The molecule has 4 aromatic rings. The molecule has 3 aromatic heterocycles.